The zero-order chi connectivity index (χ0) is 16.4. The third-order valence-electron chi connectivity index (χ3n) is 4.28. The lowest BCUT2D eigenvalue weighted by atomic mass is 10.0. The highest BCUT2D eigenvalue weighted by Crippen LogP contribution is 2.10. The predicted molar refractivity (Wildman–Crippen MR) is 109 cm³/mol. The van der Waals surface area contributed by atoms with Crippen LogP contribution in [0, 0.1) is 5.92 Å². The maximum atomic E-state index is 9.47. The van der Waals surface area contributed by atoms with E-state index in [4.69, 9.17) is 5.73 Å². The zero-order valence-corrected chi connectivity index (χ0v) is 17.5. The highest BCUT2D eigenvalue weighted by Gasteiger charge is 2.15. The van der Waals surface area contributed by atoms with Crippen LogP contribution in [0.5, 0.6) is 0 Å². The van der Waals surface area contributed by atoms with Gasteiger partial charge in [-0.05, 0) is 45.1 Å². The van der Waals surface area contributed by atoms with Crippen molar-refractivity contribution in [2.45, 2.75) is 71.4 Å². The second-order valence-corrected chi connectivity index (χ2v) is 7.06. The SMILES string of the molecule is CC(C)CCCC(C)NC(N)=NCCCN1CCC(O)CC1.I. The van der Waals surface area contributed by atoms with Gasteiger partial charge >= 0.3 is 0 Å². The smallest absolute Gasteiger partial charge is 0.188 e. The Morgan fingerprint density at radius 1 is 1.22 bits per heavy atom. The largest absolute Gasteiger partial charge is 0.393 e. The summed E-state index contributed by atoms with van der Waals surface area (Å²) in [7, 11) is 0. The van der Waals surface area contributed by atoms with Gasteiger partial charge in [0.1, 0.15) is 0 Å². The van der Waals surface area contributed by atoms with E-state index in [0.717, 1.165) is 57.8 Å². The Balaban J connectivity index is 0.00000484. The number of guanidine groups is 1. The van der Waals surface area contributed by atoms with Crippen molar-refractivity contribution in [2.75, 3.05) is 26.2 Å². The molecule has 0 bridgehead atoms. The van der Waals surface area contributed by atoms with Crippen LogP contribution in [0.2, 0.25) is 0 Å². The normalized spacial score (nSPS) is 18.7. The third-order valence-corrected chi connectivity index (χ3v) is 4.28. The minimum absolute atomic E-state index is 0. The lowest BCUT2D eigenvalue weighted by molar-refractivity contribution is 0.0824. The maximum absolute atomic E-state index is 9.47. The van der Waals surface area contributed by atoms with Crippen molar-refractivity contribution in [3.63, 3.8) is 0 Å². The Labute approximate surface area is 159 Å². The number of nitrogens with one attached hydrogen (secondary N) is 1. The summed E-state index contributed by atoms with van der Waals surface area (Å²) in [4.78, 5) is 6.82. The Bertz CT molecular complexity index is 318. The van der Waals surface area contributed by atoms with Crippen LogP contribution in [0.4, 0.5) is 0 Å². The van der Waals surface area contributed by atoms with Crippen molar-refractivity contribution in [3.05, 3.63) is 0 Å². The van der Waals surface area contributed by atoms with E-state index in [1.807, 2.05) is 0 Å². The fraction of sp³-hybridized carbons (Fsp3) is 0.941. The molecule has 0 aromatic heterocycles. The van der Waals surface area contributed by atoms with E-state index in [1.54, 1.807) is 0 Å². The molecule has 0 aromatic rings. The molecule has 0 aliphatic carbocycles. The fourth-order valence-corrected chi connectivity index (χ4v) is 2.84. The average molecular weight is 440 g/mol. The second-order valence-electron chi connectivity index (χ2n) is 7.06. The van der Waals surface area contributed by atoms with Gasteiger partial charge in [0, 0.05) is 25.7 Å². The molecular weight excluding hydrogens is 403 g/mol. The number of halogens is 1. The van der Waals surface area contributed by atoms with Crippen LogP contribution in [-0.4, -0.2) is 54.3 Å². The summed E-state index contributed by atoms with van der Waals surface area (Å²) < 4.78 is 0. The van der Waals surface area contributed by atoms with Crippen LogP contribution < -0.4 is 11.1 Å². The molecule has 138 valence electrons. The van der Waals surface area contributed by atoms with Crippen molar-refractivity contribution in [2.24, 2.45) is 16.6 Å². The second kappa shape index (κ2) is 13.2. The highest BCUT2D eigenvalue weighted by atomic mass is 127. The third kappa shape index (κ3) is 12.0. The Kier molecular flexibility index (Phi) is 13.2. The van der Waals surface area contributed by atoms with Crippen LogP contribution in [-0.2, 0) is 0 Å². The minimum atomic E-state index is -0.0914. The summed E-state index contributed by atoms with van der Waals surface area (Å²) in [5, 5.41) is 12.8. The van der Waals surface area contributed by atoms with Gasteiger partial charge in [-0.15, -0.1) is 24.0 Å². The molecule has 1 rings (SSSR count). The molecule has 0 aromatic carbocycles. The number of aliphatic imine (C=N–C) groups is 1. The van der Waals surface area contributed by atoms with Gasteiger partial charge in [0.2, 0.25) is 0 Å². The highest BCUT2D eigenvalue weighted by molar-refractivity contribution is 14.0. The van der Waals surface area contributed by atoms with E-state index in [-0.39, 0.29) is 30.1 Å². The van der Waals surface area contributed by atoms with Crippen LogP contribution >= 0.6 is 24.0 Å². The lowest BCUT2D eigenvalue weighted by Gasteiger charge is -2.29. The predicted octanol–water partition coefficient (Wildman–Crippen LogP) is 2.57. The maximum Gasteiger partial charge on any atom is 0.188 e. The lowest BCUT2D eigenvalue weighted by Crippen LogP contribution is -2.39. The van der Waals surface area contributed by atoms with Crippen molar-refractivity contribution in [1.29, 1.82) is 0 Å². The molecule has 1 aliphatic heterocycles. The molecule has 0 saturated carbocycles. The van der Waals surface area contributed by atoms with E-state index in [0.29, 0.717) is 12.0 Å². The first-order valence-electron chi connectivity index (χ1n) is 8.94. The Hall–Kier alpha value is -0.0800. The zero-order valence-electron chi connectivity index (χ0n) is 15.1. The van der Waals surface area contributed by atoms with Gasteiger partial charge in [0.05, 0.1) is 6.10 Å². The molecule has 1 atom stereocenters. The monoisotopic (exact) mass is 440 g/mol. The standard InChI is InChI=1S/C17H36N4O.HI/c1-14(2)6-4-7-15(3)20-17(18)19-10-5-11-21-12-8-16(22)9-13-21;/h14-16,22H,4-13H2,1-3H3,(H3,18,19,20);1H. The number of hydrogen-bond donors (Lipinski definition) is 3. The first-order chi connectivity index (χ1) is 10.5. The van der Waals surface area contributed by atoms with Gasteiger partial charge in [-0.2, -0.15) is 0 Å². The molecule has 23 heavy (non-hydrogen) atoms. The molecule has 1 unspecified atom stereocenters. The van der Waals surface area contributed by atoms with E-state index in [2.05, 4.69) is 36.0 Å². The number of aliphatic hydroxyl groups excluding tert-OH is 1. The topological polar surface area (TPSA) is 73.9 Å². The molecule has 0 radical (unpaired) electrons. The van der Waals surface area contributed by atoms with Gasteiger partial charge in [-0.1, -0.05) is 26.7 Å². The summed E-state index contributed by atoms with van der Waals surface area (Å²) >= 11 is 0. The number of nitrogens with two attached hydrogens (primary N) is 1. The number of rotatable bonds is 9. The molecule has 0 amide bonds. The summed E-state index contributed by atoms with van der Waals surface area (Å²) in [6.45, 7) is 10.5. The Morgan fingerprint density at radius 2 is 1.87 bits per heavy atom. The molecule has 1 saturated heterocycles. The molecule has 5 nitrogen and oxygen atoms in total. The molecule has 1 fully saturated rings. The van der Waals surface area contributed by atoms with Crippen LogP contribution in [0.15, 0.2) is 4.99 Å². The summed E-state index contributed by atoms with van der Waals surface area (Å²) in [5.41, 5.74) is 5.94. The Morgan fingerprint density at radius 3 is 2.48 bits per heavy atom. The van der Waals surface area contributed by atoms with Crippen LogP contribution in [0.25, 0.3) is 0 Å². The van der Waals surface area contributed by atoms with E-state index >= 15 is 0 Å². The van der Waals surface area contributed by atoms with E-state index in [9.17, 15) is 5.11 Å². The fourth-order valence-electron chi connectivity index (χ4n) is 2.84. The van der Waals surface area contributed by atoms with Gasteiger partial charge in [0.15, 0.2) is 5.96 Å². The van der Waals surface area contributed by atoms with Crippen LogP contribution in [0.3, 0.4) is 0 Å². The molecule has 6 heteroatoms. The molecule has 0 spiro atoms. The first kappa shape index (κ1) is 22.9. The van der Waals surface area contributed by atoms with E-state index in [1.165, 1.54) is 12.8 Å². The minimum Gasteiger partial charge on any atom is -0.393 e. The van der Waals surface area contributed by atoms with Crippen molar-refractivity contribution >= 4 is 29.9 Å². The van der Waals surface area contributed by atoms with E-state index < -0.39 is 0 Å². The molecule has 1 heterocycles. The number of nitrogens with zero attached hydrogens (tertiary/aromatic N) is 2. The molecular formula is C17H37IN4O. The number of piperidine rings is 1. The number of aliphatic hydroxyl groups is 1. The quantitative estimate of drug-likeness (QED) is 0.223. The van der Waals surface area contributed by atoms with Gasteiger partial charge in [0.25, 0.3) is 0 Å². The molecule has 1 aliphatic rings. The molecule has 4 N–H and O–H groups in total. The summed E-state index contributed by atoms with van der Waals surface area (Å²) in [6.07, 6.45) is 6.39. The first-order valence-corrected chi connectivity index (χ1v) is 8.94. The summed E-state index contributed by atoms with van der Waals surface area (Å²) in [6, 6.07) is 0.395. The van der Waals surface area contributed by atoms with Gasteiger partial charge in [-0.3, -0.25) is 4.99 Å². The van der Waals surface area contributed by atoms with Gasteiger partial charge in [-0.25, -0.2) is 0 Å². The van der Waals surface area contributed by atoms with Gasteiger partial charge < -0.3 is 21.1 Å². The van der Waals surface area contributed by atoms with Crippen LogP contribution in [0.1, 0.15) is 59.3 Å². The number of hydrogen-bond acceptors (Lipinski definition) is 3. The average Bonchev–Trinajstić information content (AvgIpc) is 2.45. The van der Waals surface area contributed by atoms with Crippen molar-refractivity contribution in [1.82, 2.24) is 10.2 Å². The van der Waals surface area contributed by atoms with Crippen molar-refractivity contribution < 1.29 is 5.11 Å². The number of likely N-dealkylation sites (tertiary alicyclic amines) is 1. The van der Waals surface area contributed by atoms with Crippen molar-refractivity contribution in [3.8, 4) is 0 Å². The summed E-state index contributed by atoms with van der Waals surface area (Å²) in [5.74, 6) is 1.35.